The average molecular weight is 203 g/mol. The van der Waals surface area contributed by atoms with Crippen molar-refractivity contribution in [2.75, 3.05) is 0 Å². The predicted octanol–water partition coefficient (Wildman–Crippen LogP) is 2.74. The van der Waals surface area contributed by atoms with Crippen LogP contribution in [-0.4, -0.2) is 11.1 Å². The van der Waals surface area contributed by atoms with Crippen LogP contribution in [0.25, 0.3) is 0 Å². The fraction of sp³-hybridized carbons (Fsp3) is 0.615. The first-order valence-electron chi connectivity index (χ1n) is 5.82. The molecule has 0 radical (unpaired) electrons. The highest BCUT2D eigenvalue weighted by Gasteiger charge is 2.63. The second-order valence-corrected chi connectivity index (χ2v) is 5.17. The fourth-order valence-electron chi connectivity index (χ4n) is 3.22. The Kier molecular flexibility index (Phi) is 1.90. The van der Waals surface area contributed by atoms with Gasteiger partial charge >= 0.3 is 0 Å². The molecule has 2 heterocycles. The third-order valence-corrected chi connectivity index (χ3v) is 3.78. The molecule has 0 aromatic carbocycles. The van der Waals surface area contributed by atoms with Gasteiger partial charge in [0.1, 0.15) is 5.60 Å². The molecule has 0 amide bonds. The quantitative estimate of drug-likeness (QED) is 0.656. The maximum atomic E-state index is 5.97. The summed E-state index contributed by atoms with van der Waals surface area (Å²) in [7, 11) is 0. The van der Waals surface area contributed by atoms with Crippen LogP contribution in [0.4, 0.5) is 0 Å². The molecule has 2 fully saturated rings. The zero-order valence-electron chi connectivity index (χ0n) is 9.31. The van der Waals surface area contributed by atoms with Gasteiger partial charge in [0.15, 0.2) is 0 Å². The molecule has 0 unspecified atom stereocenters. The van der Waals surface area contributed by atoms with Crippen molar-refractivity contribution in [3.8, 4) is 0 Å². The van der Waals surface area contributed by atoms with Crippen LogP contribution in [0.1, 0.15) is 32.4 Å². The molecule has 0 bridgehead atoms. The monoisotopic (exact) mass is 203 g/mol. The number of aromatic nitrogens is 1. The van der Waals surface area contributed by atoms with E-state index in [-0.39, 0.29) is 5.60 Å². The van der Waals surface area contributed by atoms with Gasteiger partial charge in [0, 0.05) is 6.20 Å². The number of nitrogens with zero attached hydrogens (tertiary/aromatic N) is 1. The molecule has 0 spiro atoms. The third kappa shape index (κ3) is 1.31. The summed E-state index contributed by atoms with van der Waals surface area (Å²) >= 11 is 0. The normalized spacial score (nSPS) is 43.5. The summed E-state index contributed by atoms with van der Waals surface area (Å²) in [5.74, 6) is 1.43. The minimum absolute atomic E-state index is 0.0294. The van der Waals surface area contributed by atoms with E-state index in [2.05, 4.69) is 31.0 Å². The van der Waals surface area contributed by atoms with Gasteiger partial charge in [-0.15, -0.1) is 0 Å². The number of fused-ring (bicyclic) bond motifs is 1. The van der Waals surface area contributed by atoms with Crippen molar-refractivity contribution in [1.29, 1.82) is 0 Å². The van der Waals surface area contributed by atoms with Crippen LogP contribution < -0.4 is 0 Å². The summed E-state index contributed by atoms with van der Waals surface area (Å²) in [4.78, 5) is 4.46. The van der Waals surface area contributed by atoms with Crippen molar-refractivity contribution in [3.63, 3.8) is 0 Å². The van der Waals surface area contributed by atoms with Crippen molar-refractivity contribution in [3.05, 3.63) is 30.1 Å². The van der Waals surface area contributed by atoms with E-state index in [1.165, 1.54) is 6.42 Å². The van der Waals surface area contributed by atoms with Crippen molar-refractivity contribution in [2.45, 2.75) is 38.4 Å². The Morgan fingerprint density at radius 2 is 2.27 bits per heavy atom. The topological polar surface area (TPSA) is 25.4 Å². The summed E-state index contributed by atoms with van der Waals surface area (Å²) in [6, 6.07) is 6.12. The molecule has 1 aromatic rings. The lowest BCUT2D eigenvalue weighted by Crippen LogP contribution is -2.28. The first-order chi connectivity index (χ1) is 7.22. The minimum atomic E-state index is -0.0294. The van der Waals surface area contributed by atoms with Gasteiger partial charge in [-0.25, -0.2) is 0 Å². The van der Waals surface area contributed by atoms with Gasteiger partial charge in [-0.3, -0.25) is 4.98 Å². The first kappa shape index (κ1) is 9.34. The molecular weight excluding hydrogens is 186 g/mol. The van der Waals surface area contributed by atoms with Crippen LogP contribution >= 0.6 is 0 Å². The molecule has 2 nitrogen and oxygen atoms in total. The first-order valence-corrected chi connectivity index (χ1v) is 5.82. The molecule has 2 heteroatoms. The molecule has 4 atom stereocenters. The van der Waals surface area contributed by atoms with Crippen LogP contribution in [0.15, 0.2) is 24.4 Å². The molecule has 80 valence electrons. The smallest absolute Gasteiger partial charge is 0.137 e. The summed E-state index contributed by atoms with van der Waals surface area (Å²) in [6.07, 6.45) is 4.72. The summed E-state index contributed by atoms with van der Waals surface area (Å²) < 4.78 is 5.97. The number of epoxide rings is 1. The van der Waals surface area contributed by atoms with Gasteiger partial charge in [-0.05, 0) is 36.8 Å². The molecule has 15 heavy (non-hydrogen) atoms. The van der Waals surface area contributed by atoms with Crippen molar-refractivity contribution in [1.82, 2.24) is 4.98 Å². The largest absolute Gasteiger partial charge is 0.359 e. The van der Waals surface area contributed by atoms with Crippen LogP contribution in [0, 0.1) is 11.8 Å². The van der Waals surface area contributed by atoms with Crippen molar-refractivity contribution in [2.24, 2.45) is 11.8 Å². The van der Waals surface area contributed by atoms with Gasteiger partial charge in [0.05, 0.1) is 11.8 Å². The van der Waals surface area contributed by atoms with Gasteiger partial charge in [-0.1, -0.05) is 19.9 Å². The summed E-state index contributed by atoms with van der Waals surface area (Å²) in [5, 5.41) is 0. The van der Waals surface area contributed by atoms with Crippen molar-refractivity contribution < 1.29 is 4.74 Å². The molecule has 1 aliphatic carbocycles. The van der Waals surface area contributed by atoms with E-state index in [0.717, 1.165) is 18.0 Å². The summed E-state index contributed by atoms with van der Waals surface area (Å²) in [5.41, 5.74) is 1.10. The Morgan fingerprint density at radius 3 is 3.00 bits per heavy atom. The number of hydrogen-bond donors (Lipinski definition) is 0. The lowest BCUT2D eigenvalue weighted by molar-refractivity contribution is 0.257. The molecule has 3 rings (SSSR count). The SMILES string of the molecule is C[C@@H]1C[C@H](C)[C@H]2O[C@@]2(c2ccccn2)C1. The highest BCUT2D eigenvalue weighted by molar-refractivity contribution is 5.24. The van der Waals surface area contributed by atoms with E-state index in [0.29, 0.717) is 12.0 Å². The summed E-state index contributed by atoms with van der Waals surface area (Å²) in [6.45, 7) is 4.62. The Hall–Kier alpha value is -0.890. The van der Waals surface area contributed by atoms with E-state index in [1.54, 1.807) is 0 Å². The van der Waals surface area contributed by atoms with E-state index >= 15 is 0 Å². The second-order valence-electron chi connectivity index (χ2n) is 5.17. The van der Waals surface area contributed by atoms with Crippen LogP contribution in [-0.2, 0) is 10.3 Å². The van der Waals surface area contributed by atoms with Gasteiger partial charge < -0.3 is 4.74 Å². The number of ether oxygens (including phenoxy) is 1. The van der Waals surface area contributed by atoms with E-state index in [4.69, 9.17) is 4.74 Å². The zero-order chi connectivity index (χ0) is 10.5. The number of rotatable bonds is 1. The van der Waals surface area contributed by atoms with E-state index in [9.17, 15) is 0 Å². The van der Waals surface area contributed by atoms with Crippen LogP contribution in [0.5, 0.6) is 0 Å². The highest BCUT2D eigenvalue weighted by atomic mass is 16.6. The van der Waals surface area contributed by atoms with E-state index < -0.39 is 0 Å². The number of hydrogen-bond acceptors (Lipinski definition) is 2. The zero-order valence-corrected chi connectivity index (χ0v) is 9.31. The standard InChI is InChI=1S/C13H17NO/c1-9-7-10(2)12-13(8-9,15-12)11-5-3-4-6-14-11/h3-6,9-10,12H,7-8H2,1-2H3/t9-,10+,12-,13-/m1/s1. The predicted molar refractivity (Wildman–Crippen MR) is 58.4 cm³/mol. The van der Waals surface area contributed by atoms with Crippen LogP contribution in [0.2, 0.25) is 0 Å². The fourth-order valence-corrected chi connectivity index (χ4v) is 3.22. The third-order valence-electron chi connectivity index (χ3n) is 3.78. The minimum Gasteiger partial charge on any atom is -0.359 e. The Balaban J connectivity index is 1.94. The molecular formula is C13H17NO. The molecule has 0 N–H and O–H groups in total. The molecule has 1 saturated carbocycles. The second kappa shape index (κ2) is 3.05. The Bertz CT molecular complexity index is 364. The average Bonchev–Trinajstić information content (AvgIpc) is 2.95. The molecule has 1 aliphatic heterocycles. The van der Waals surface area contributed by atoms with Gasteiger partial charge in [0.2, 0.25) is 0 Å². The maximum Gasteiger partial charge on any atom is 0.137 e. The molecule has 1 saturated heterocycles. The lowest BCUT2D eigenvalue weighted by atomic mass is 9.75. The van der Waals surface area contributed by atoms with Crippen LogP contribution in [0.3, 0.4) is 0 Å². The lowest BCUT2D eigenvalue weighted by Gasteiger charge is -2.26. The van der Waals surface area contributed by atoms with Gasteiger partial charge in [0.25, 0.3) is 0 Å². The maximum absolute atomic E-state index is 5.97. The Morgan fingerprint density at radius 1 is 1.40 bits per heavy atom. The van der Waals surface area contributed by atoms with Crippen molar-refractivity contribution >= 4 is 0 Å². The van der Waals surface area contributed by atoms with Gasteiger partial charge in [-0.2, -0.15) is 0 Å². The Labute approximate surface area is 90.7 Å². The number of pyridine rings is 1. The molecule has 2 aliphatic rings. The molecule has 1 aromatic heterocycles. The van der Waals surface area contributed by atoms with E-state index in [1.807, 2.05) is 12.3 Å². The highest BCUT2D eigenvalue weighted by Crippen LogP contribution is 2.58.